The number of unbranched alkanes of at least 4 members (excludes halogenated alkanes) is 1. The van der Waals surface area contributed by atoms with E-state index in [0.29, 0.717) is 32.5 Å². The molecule has 1 aromatic carbocycles. The molecule has 53 heavy (non-hydrogen) atoms. The summed E-state index contributed by atoms with van der Waals surface area (Å²) >= 11 is 1.58. The van der Waals surface area contributed by atoms with Crippen LogP contribution in [-0.4, -0.2) is 110 Å². The third-order valence-electron chi connectivity index (χ3n) is 11.3. The molecule has 4 rings (SSSR count). The van der Waals surface area contributed by atoms with Gasteiger partial charge in [-0.3, -0.25) is 24.0 Å². The zero-order valence-corrected chi connectivity index (χ0v) is 33.4. The van der Waals surface area contributed by atoms with Crippen LogP contribution in [-0.2, 0) is 30.4 Å². The van der Waals surface area contributed by atoms with Crippen LogP contribution in [0.15, 0.2) is 30.5 Å². The molecule has 0 unspecified atom stereocenters. The van der Waals surface area contributed by atoms with Crippen LogP contribution in [0, 0.1) is 17.8 Å². The number of carbonyl (C=O) groups excluding carboxylic acids is 3. The molecule has 0 spiro atoms. The number of thiazole rings is 1. The maximum Gasteiger partial charge on any atom is 0.410 e. The Morgan fingerprint density at radius 3 is 2.47 bits per heavy atom. The molecule has 0 aliphatic carbocycles. The van der Waals surface area contributed by atoms with Gasteiger partial charge in [0, 0.05) is 40.1 Å². The van der Waals surface area contributed by atoms with Gasteiger partial charge in [0.1, 0.15) is 28.0 Å². The Bertz CT molecular complexity index is 1720. The lowest BCUT2D eigenvalue weighted by atomic mass is 9.67. The number of aliphatic carboxylic acids is 1. The Labute approximate surface area is 318 Å². The van der Waals surface area contributed by atoms with Gasteiger partial charge in [-0.1, -0.05) is 38.1 Å². The predicted octanol–water partition coefficient (Wildman–Crippen LogP) is 6.27. The number of ether oxygens (including phenoxy) is 2. The molecule has 288 valence electrons. The van der Waals surface area contributed by atoms with Crippen molar-refractivity contribution >= 4 is 53.2 Å². The fourth-order valence-electron chi connectivity index (χ4n) is 7.52. The number of aryl methyl sites for hydroxylation is 1. The number of methoxy groups -OCH3 is 1. The molecule has 3 heterocycles. The molecule has 1 saturated heterocycles. The predicted molar refractivity (Wildman–Crippen MR) is 205 cm³/mol. The number of hydrogen-bond acceptors (Lipinski definition) is 10. The maximum absolute atomic E-state index is 13.6. The molecule has 0 saturated carbocycles. The van der Waals surface area contributed by atoms with Crippen LogP contribution in [0.2, 0.25) is 5.82 Å². The molecule has 1 N–H and O–H groups in total. The van der Waals surface area contributed by atoms with Crippen molar-refractivity contribution in [3.8, 4) is 10.7 Å². The normalized spacial score (nSPS) is 21.4. The Morgan fingerprint density at radius 1 is 1.17 bits per heavy atom. The first kappa shape index (κ1) is 41.9. The van der Waals surface area contributed by atoms with Crippen LogP contribution in [0.4, 0.5) is 4.79 Å². The Balaban J connectivity index is 1.45. The van der Waals surface area contributed by atoms with E-state index in [-0.39, 0.29) is 24.2 Å². The fourth-order valence-corrected chi connectivity index (χ4v) is 8.43. The molecule has 8 atom stereocenters. The number of carbonyl (C=O) groups is 4. The SMILES string of the molecule is [B][C@H](CC(=O)[C@@H](C)C(=O)O)[C@](C)(C[C@@H](C)CN(C(C)=O)[C@H](C)[C@H]1N(CCCCn2cc(-c3nc4ccccc4s3)nn2)C(=O)O[C@]1(C)[C@H](C)CC)OC. The summed E-state index contributed by atoms with van der Waals surface area (Å²) in [6.45, 7) is 16.2. The lowest BCUT2D eigenvalue weighted by Gasteiger charge is -2.44. The number of cyclic esters (lactones) is 1. The van der Waals surface area contributed by atoms with Gasteiger partial charge < -0.3 is 19.5 Å². The highest BCUT2D eigenvalue weighted by atomic mass is 32.1. The van der Waals surface area contributed by atoms with Gasteiger partial charge in [0.25, 0.3) is 0 Å². The first-order valence-electron chi connectivity index (χ1n) is 18.5. The number of carboxylic acids is 1. The standard InChI is InChI=1S/C38H55BN6O7S/c1-10-24(3)38(8)33(26(5)45(27(6)46)21-23(2)20-37(7,51-9)32(39)19-30(47)25(4)35(48)49)44(36(50)52-38)18-14-13-17-43-22-29(41-42-43)34-40-28-15-11-12-16-31(28)53-34/h11-12,15-16,22-26,32-33H,10,13-14,17-21H2,1-9H3,(H,48,49)/t23-,24-,25-,26-,32-,33-,37+,38-/m1/s1. The topological polar surface area (TPSA) is 157 Å². The Hall–Kier alpha value is -3.85. The molecule has 0 bridgehead atoms. The molecule has 1 aliphatic heterocycles. The highest BCUT2D eigenvalue weighted by Crippen LogP contribution is 2.41. The van der Waals surface area contributed by atoms with E-state index in [1.54, 1.807) is 32.7 Å². The summed E-state index contributed by atoms with van der Waals surface area (Å²) in [5.41, 5.74) is -0.145. The van der Waals surface area contributed by atoms with Crippen LogP contribution in [0.5, 0.6) is 0 Å². The third-order valence-corrected chi connectivity index (χ3v) is 12.3. The first-order valence-corrected chi connectivity index (χ1v) is 19.4. The number of para-hydroxylation sites is 1. The van der Waals surface area contributed by atoms with E-state index in [1.807, 2.05) is 51.2 Å². The second kappa shape index (κ2) is 17.5. The van der Waals surface area contributed by atoms with E-state index in [9.17, 15) is 24.3 Å². The second-order valence-corrected chi connectivity index (χ2v) is 16.2. The summed E-state index contributed by atoms with van der Waals surface area (Å²) in [6.07, 6.45) is 3.97. The van der Waals surface area contributed by atoms with Gasteiger partial charge >= 0.3 is 12.1 Å². The van der Waals surface area contributed by atoms with Gasteiger partial charge in [0.05, 0.1) is 41.9 Å². The van der Waals surface area contributed by atoms with Crippen molar-refractivity contribution in [2.45, 2.75) is 123 Å². The van der Waals surface area contributed by atoms with E-state index in [0.717, 1.165) is 33.8 Å². The third kappa shape index (κ3) is 9.46. The Kier molecular flexibility index (Phi) is 13.9. The summed E-state index contributed by atoms with van der Waals surface area (Å²) < 4.78 is 14.9. The number of fused-ring (bicyclic) bond motifs is 1. The van der Waals surface area contributed by atoms with Crippen molar-refractivity contribution in [2.75, 3.05) is 20.2 Å². The molecule has 13 nitrogen and oxygen atoms in total. The molecular formula is C38H55BN6O7S. The van der Waals surface area contributed by atoms with E-state index in [2.05, 4.69) is 29.1 Å². The van der Waals surface area contributed by atoms with E-state index < -0.39 is 52.9 Å². The summed E-state index contributed by atoms with van der Waals surface area (Å²) in [4.78, 5) is 59.1. The lowest BCUT2D eigenvalue weighted by Crippen LogP contribution is -2.60. The molecule has 1 fully saturated rings. The number of Topliss-reactive ketones (excluding diaryl/α,β-unsaturated/α-hetero) is 1. The molecule has 2 aromatic heterocycles. The van der Waals surface area contributed by atoms with Crippen LogP contribution >= 0.6 is 11.3 Å². The number of amides is 2. The van der Waals surface area contributed by atoms with Gasteiger partial charge in [-0.2, -0.15) is 0 Å². The molecule has 2 amide bonds. The summed E-state index contributed by atoms with van der Waals surface area (Å²) in [5, 5.41) is 18.8. The van der Waals surface area contributed by atoms with Crippen molar-refractivity contribution in [2.24, 2.45) is 17.8 Å². The van der Waals surface area contributed by atoms with E-state index in [1.165, 1.54) is 21.0 Å². The molecule has 2 radical (unpaired) electrons. The van der Waals surface area contributed by atoms with Gasteiger partial charge in [-0.25, -0.2) is 9.78 Å². The van der Waals surface area contributed by atoms with E-state index in [4.69, 9.17) is 17.3 Å². The summed E-state index contributed by atoms with van der Waals surface area (Å²) in [7, 11) is 7.98. The van der Waals surface area contributed by atoms with Crippen molar-refractivity contribution in [1.29, 1.82) is 0 Å². The smallest absolute Gasteiger partial charge is 0.410 e. The van der Waals surface area contributed by atoms with Gasteiger partial charge in [-0.15, -0.1) is 16.4 Å². The van der Waals surface area contributed by atoms with Crippen LogP contribution in [0.25, 0.3) is 20.9 Å². The number of carboxylic acid groups (broad SMARTS) is 1. The first-order chi connectivity index (χ1) is 24.9. The lowest BCUT2D eigenvalue weighted by molar-refractivity contribution is -0.146. The monoisotopic (exact) mass is 750 g/mol. The Morgan fingerprint density at radius 2 is 1.85 bits per heavy atom. The average molecular weight is 751 g/mol. The van der Waals surface area contributed by atoms with Gasteiger partial charge in [-0.05, 0) is 83.2 Å². The molecule has 3 aromatic rings. The van der Waals surface area contributed by atoms with Gasteiger partial charge in [0.15, 0.2) is 0 Å². The minimum Gasteiger partial charge on any atom is -0.481 e. The minimum atomic E-state index is -1.20. The quantitative estimate of drug-likeness (QED) is 0.0794. The van der Waals surface area contributed by atoms with Crippen molar-refractivity contribution in [1.82, 2.24) is 29.8 Å². The minimum absolute atomic E-state index is 0.0201. The number of benzene rings is 1. The number of hydrogen-bond donors (Lipinski definition) is 1. The highest BCUT2D eigenvalue weighted by molar-refractivity contribution is 7.21. The largest absolute Gasteiger partial charge is 0.481 e. The van der Waals surface area contributed by atoms with Gasteiger partial charge in [0.2, 0.25) is 5.91 Å². The van der Waals surface area contributed by atoms with Crippen LogP contribution < -0.4 is 0 Å². The highest BCUT2D eigenvalue weighted by Gasteiger charge is 2.56. The molecule has 1 aliphatic rings. The maximum atomic E-state index is 13.6. The average Bonchev–Trinajstić information content (AvgIpc) is 3.83. The molecular weight excluding hydrogens is 695 g/mol. The number of aromatic nitrogens is 4. The number of ketones is 1. The van der Waals surface area contributed by atoms with Crippen molar-refractivity contribution in [3.63, 3.8) is 0 Å². The van der Waals surface area contributed by atoms with Crippen LogP contribution in [0.3, 0.4) is 0 Å². The number of nitrogens with zero attached hydrogens (tertiary/aromatic N) is 6. The number of rotatable bonds is 20. The van der Waals surface area contributed by atoms with Crippen molar-refractivity contribution < 1.29 is 33.8 Å². The summed E-state index contributed by atoms with van der Waals surface area (Å²) in [5.74, 6) is -3.83. The van der Waals surface area contributed by atoms with Crippen molar-refractivity contribution in [3.05, 3.63) is 30.5 Å². The van der Waals surface area contributed by atoms with Crippen LogP contribution in [0.1, 0.15) is 87.5 Å². The second-order valence-electron chi connectivity index (χ2n) is 15.1. The van der Waals surface area contributed by atoms with E-state index >= 15 is 0 Å². The summed E-state index contributed by atoms with van der Waals surface area (Å²) in [6, 6.07) is 7.16. The zero-order valence-electron chi connectivity index (χ0n) is 32.6. The fraction of sp³-hybridized carbons (Fsp3) is 0.658. The molecule has 15 heteroatoms. The zero-order chi connectivity index (χ0) is 39.2.